The largest absolute Gasteiger partial charge is 0.472 e. The molecule has 0 fully saturated rings. The van der Waals surface area contributed by atoms with Crippen molar-refractivity contribution in [2.45, 2.75) is 363 Å². The highest BCUT2D eigenvalue weighted by atomic mass is 31.2. The zero-order chi connectivity index (χ0) is 66.1. The fourth-order valence-corrected chi connectivity index (χ4v) is 12.0. The van der Waals surface area contributed by atoms with Crippen LogP contribution in [-0.4, -0.2) is 96.7 Å². The van der Waals surface area contributed by atoms with Crippen LogP contribution in [0.1, 0.15) is 344 Å². The molecule has 89 heavy (non-hydrogen) atoms. The van der Waals surface area contributed by atoms with Crippen molar-refractivity contribution in [3.8, 4) is 0 Å². The van der Waals surface area contributed by atoms with Crippen LogP contribution in [0.5, 0.6) is 0 Å². The van der Waals surface area contributed by atoms with Crippen LogP contribution in [0.2, 0.25) is 0 Å². The van der Waals surface area contributed by atoms with Crippen molar-refractivity contribution in [1.82, 2.24) is 0 Å². The van der Waals surface area contributed by atoms with E-state index in [1.165, 1.54) is 141 Å². The standard InChI is InChI=1S/C70H136O17P2/c1-9-61(6)47-39-31-23-18-16-14-12-13-15-17-19-24-34-42-50-67(72)80-56-65(86-69(74)52-44-36-25-21-20-22-30-38-46-60(4)5)58-84-88(76,77)82-54-64(71)55-83-89(78,79)85-59-66(87-70(75)53-45-37-29-27-33-41-49-63(8)11-3)57-81-68(73)51-43-35-28-26-32-40-48-62(7)10-2/h60-66,71H,9-59H2,1-8H3,(H,76,77)(H,78,79)/t61?,62?,63?,64-,65-,66-/m1/s1. The summed E-state index contributed by atoms with van der Waals surface area (Å²) in [5, 5.41) is 10.6. The Labute approximate surface area is 543 Å². The number of unbranched alkanes of at least 4 members (excludes halogenated alkanes) is 30. The third-order valence-electron chi connectivity index (χ3n) is 17.2. The Morgan fingerprint density at radius 3 is 0.798 bits per heavy atom. The summed E-state index contributed by atoms with van der Waals surface area (Å²) >= 11 is 0. The highest BCUT2D eigenvalue weighted by Crippen LogP contribution is 2.45. The molecular formula is C70H136O17P2. The molecule has 0 spiro atoms. The number of phosphoric ester groups is 2. The van der Waals surface area contributed by atoms with Gasteiger partial charge in [0.15, 0.2) is 12.2 Å². The number of phosphoric acid groups is 2. The lowest BCUT2D eigenvalue weighted by Crippen LogP contribution is -2.30. The number of hydrogen-bond acceptors (Lipinski definition) is 15. The molecular weight excluding hydrogens is 1170 g/mol. The van der Waals surface area contributed by atoms with Gasteiger partial charge >= 0.3 is 39.5 Å². The molecule has 5 unspecified atom stereocenters. The van der Waals surface area contributed by atoms with E-state index in [0.717, 1.165) is 120 Å². The molecule has 3 N–H and O–H groups in total. The van der Waals surface area contributed by atoms with Gasteiger partial charge in [0.2, 0.25) is 0 Å². The molecule has 0 aromatic rings. The maximum Gasteiger partial charge on any atom is 0.472 e. The molecule has 0 bridgehead atoms. The predicted octanol–water partition coefficient (Wildman–Crippen LogP) is 19.7. The van der Waals surface area contributed by atoms with Gasteiger partial charge in [0, 0.05) is 25.7 Å². The van der Waals surface area contributed by atoms with Crippen molar-refractivity contribution >= 4 is 39.5 Å². The van der Waals surface area contributed by atoms with E-state index in [2.05, 4.69) is 55.4 Å². The predicted molar refractivity (Wildman–Crippen MR) is 358 cm³/mol. The normalized spacial score (nSPS) is 15.2. The quantitative estimate of drug-likeness (QED) is 0.0222. The van der Waals surface area contributed by atoms with E-state index in [9.17, 15) is 43.2 Å². The second-order valence-electron chi connectivity index (χ2n) is 26.5. The number of esters is 4. The Morgan fingerprint density at radius 1 is 0.315 bits per heavy atom. The highest BCUT2D eigenvalue weighted by molar-refractivity contribution is 7.47. The Bertz CT molecular complexity index is 1770. The molecule has 8 atom stereocenters. The first-order valence-corrected chi connectivity index (χ1v) is 39.3. The van der Waals surface area contributed by atoms with Gasteiger partial charge in [0.25, 0.3) is 0 Å². The minimum absolute atomic E-state index is 0.102. The van der Waals surface area contributed by atoms with Crippen LogP contribution >= 0.6 is 15.6 Å². The van der Waals surface area contributed by atoms with Gasteiger partial charge in [-0.1, -0.05) is 293 Å². The lowest BCUT2D eigenvalue weighted by atomic mass is 9.99. The zero-order valence-corrected chi connectivity index (χ0v) is 59.8. The molecule has 17 nitrogen and oxygen atoms in total. The lowest BCUT2D eigenvalue weighted by molar-refractivity contribution is -0.161. The van der Waals surface area contributed by atoms with Gasteiger partial charge in [-0.05, 0) is 49.4 Å². The molecule has 0 saturated heterocycles. The Balaban J connectivity index is 5.21. The van der Waals surface area contributed by atoms with Crippen LogP contribution in [0.3, 0.4) is 0 Å². The molecule has 0 saturated carbocycles. The van der Waals surface area contributed by atoms with Crippen molar-refractivity contribution < 1.29 is 80.2 Å². The van der Waals surface area contributed by atoms with Gasteiger partial charge in [0.1, 0.15) is 19.3 Å². The first-order chi connectivity index (χ1) is 42.7. The first kappa shape index (κ1) is 87.1. The minimum Gasteiger partial charge on any atom is -0.462 e. The molecule has 0 rings (SSSR count). The summed E-state index contributed by atoms with van der Waals surface area (Å²) in [4.78, 5) is 72.5. The van der Waals surface area contributed by atoms with Crippen LogP contribution in [-0.2, 0) is 65.4 Å². The van der Waals surface area contributed by atoms with Gasteiger partial charge in [0.05, 0.1) is 26.4 Å². The van der Waals surface area contributed by atoms with Gasteiger partial charge in [-0.15, -0.1) is 0 Å². The van der Waals surface area contributed by atoms with Gasteiger partial charge in [-0.25, -0.2) is 9.13 Å². The topological polar surface area (TPSA) is 237 Å². The monoisotopic (exact) mass is 1310 g/mol. The van der Waals surface area contributed by atoms with E-state index in [1.54, 1.807) is 0 Å². The van der Waals surface area contributed by atoms with Crippen molar-refractivity contribution in [2.75, 3.05) is 39.6 Å². The number of aliphatic hydroxyl groups excluding tert-OH is 1. The summed E-state index contributed by atoms with van der Waals surface area (Å²) in [7, 11) is -9.90. The molecule has 0 aliphatic rings. The smallest absolute Gasteiger partial charge is 0.462 e. The number of ether oxygens (including phenoxy) is 4. The van der Waals surface area contributed by atoms with Crippen molar-refractivity contribution in [3.05, 3.63) is 0 Å². The third-order valence-corrected chi connectivity index (χ3v) is 19.1. The van der Waals surface area contributed by atoms with E-state index in [4.69, 9.17) is 37.0 Å². The van der Waals surface area contributed by atoms with Crippen molar-refractivity contribution in [1.29, 1.82) is 0 Å². The summed E-state index contributed by atoms with van der Waals surface area (Å²) in [5.74, 6) is 0.884. The Kier molecular flexibility index (Phi) is 58.5. The summed E-state index contributed by atoms with van der Waals surface area (Å²) in [6.07, 6.45) is 41.8. The highest BCUT2D eigenvalue weighted by Gasteiger charge is 2.30. The Morgan fingerprint density at radius 2 is 0.539 bits per heavy atom. The van der Waals surface area contributed by atoms with Gasteiger partial charge in [-0.3, -0.25) is 37.3 Å². The van der Waals surface area contributed by atoms with Crippen LogP contribution in [0.15, 0.2) is 0 Å². The Hall–Kier alpha value is -1.94. The molecule has 0 aromatic heterocycles. The molecule has 0 radical (unpaired) electrons. The lowest BCUT2D eigenvalue weighted by Gasteiger charge is -2.21. The fraction of sp³-hybridized carbons (Fsp3) is 0.943. The van der Waals surface area contributed by atoms with Crippen LogP contribution < -0.4 is 0 Å². The maximum absolute atomic E-state index is 13.0. The maximum atomic E-state index is 13.0. The van der Waals surface area contributed by atoms with Crippen LogP contribution in [0.4, 0.5) is 0 Å². The average molecular weight is 1310 g/mol. The second kappa shape index (κ2) is 59.8. The van der Waals surface area contributed by atoms with Crippen LogP contribution in [0.25, 0.3) is 0 Å². The molecule has 0 aliphatic carbocycles. The average Bonchev–Trinajstić information content (AvgIpc) is 3.72. The molecule has 0 amide bonds. The summed E-state index contributed by atoms with van der Waals surface area (Å²) < 4.78 is 68.2. The number of carbonyl (C=O) groups is 4. The summed E-state index contributed by atoms with van der Waals surface area (Å²) in [6, 6.07) is 0. The van der Waals surface area contributed by atoms with Crippen molar-refractivity contribution in [3.63, 3.8) is 0 Å². The minimum atomic E-state index is -4.95. The van der Waals surface area contributed by atoms with Crippen LogP contribution in [0, 0.1) is 23.7 Å². The van der Waals surface area contributed by atoms with E-state index < -0.39 is 97.5 Å². The van der Waals surface area contributed by atoms with E-state index in [1.807, 2.05) is 0 Å². The summed E-state index contributed by atoms with van der Waals surface area (Å²) in [6.45, 7) is 14.1. The molecule has 0 aliphatic heterocycles. The number of hydrogen-bond donors (Lipinski definition) is 3. The van der Waals surface area contributed by atoms with E-state index >= 15 is 0 Å². The van der Waals surface area contributed by atoms with Gasteiger partial charge < -0.3 is 33.8 Å². The zero-order valence-electron chi connectivity index (χ0n) is 58.1. The first-order valence-electron chi connectivity index (χ1n) is 36.3. The number of rotatable bonds is 67. The molecule has 0 aromatic carbocycles. The number of carbonyl (C=O) groups excluding carboxylic acids is 4. The molecule has 0 heterocycles. The van der Waals surface area contributed by atoms with Crippen molar-refractivity contribution in [2.24, 2.45) is 23.7 Å². The number of aliphatic hydroxyl groups is 1. The fourth-order valence-electron chi connectivity index (χ4n) is 10.4. The molecule has 528 valence electrons. The molecule has 19 heteroatoms. The second-order valence-corrected chi connectivity index (χ2v) is 29.4. The SMILES string of the molecule is CCC(C)CCCCCCCCCCCCCCCCC(=O)OC[C@H](COP(=O)(O)OC[C@@H](O)COP(=O)(O)OC[C@@H](COC(=O)CCCCCCCCC(C)CC)OC(=O)CCCCCCCCC(C)CC)OC(=O)CCCCCCCCCCC(C)C. The van der Waals surface area contributed by atoms with E-state index in [0.29, 0.717) is 25.7 Å². The summed E-state index contributed by atoms with van der Waals surface area (Å²) in [5.41, 5.74) is 0. The van der Waals surface area contributed by atoms with E-state index in [-0.39, 0.29) is 25.7 Å². The van der Waals surface area contributed by atoms with Gasteiger partial charge in [-0.2, -0.15) is 0 Å². The third kappa shape index (κ3) is 60.7.